The summed E-state index contributed by atoms with van der Waals surface area (Å²) in [5, 5.41) is 2.92. The molecule has 0 aromatic heterocycles. The number of rotatable bonds is 6. The number of benzene rings is 2. The zero-order chi connectivity index (χ0) is 19.3. The quantitative estimate of drug-likeness (QED) is 0.747. The highest BCUT2D eigenvalue weighted by Crippen LogP contribution is 2.24. The highest BCUT2D eigenvalue weighted by Gasteiger charge is 2.30. The van der Waals surface area contributed by atoms with Crippen LogP contribution in [0, 0.1) is 5.92 Å². The lowest BCUT2D eigenvalue weighted by atomic mass is 9.98. The minimum atomic E-state index is -3.25. The first-order chi connectivity index (χ1) is 12.9. The van der Waals surface area contributed by atoms with Gasteiger partial charge in [0.2, 0.25) is 15.9 Å². The van der Waals surface area contributed by atoms with Crippen molar-refractivity contribution in [3.05, 3.63) is 60.2 Å². The van der Waals surface area contributed by atoms with Crippen LogP contribution in [0.2, 0.25) is 0 Å². The van der Waals surface area contributed by atoms with Gasteiger partial charge < -0.3 is 5.32 Å². The van der Waals surface area contributed by atoms with Gasteiger partial charge >= 0.3 is 0 Å². The molecule has 0 saturated carbocycles. The molecule has 1 aliphatic rings. The molecule has 2 aromatic rings. The van der Waals surface area contributed by atoms with E-state index in [0.29, 0.717) is 19.4 Å². The molecule has 3 rings (SSSR count). The molecule has 5 nitrogen and oxygen atoms in total. The number of nitrogens with one attached hydrogen (secondary N) is 1. The van der Waals surface area contributed by atoms with Crippen LogP contribution in [0.4, 0.5) is 5.69 Å². The Morgan fingerprint density at radius 1 is 1.15 bits per heavy atom. The molecule has 1 N–H and O–H groups in total. The molecule has 7 heteroatoms. The summed E-state index contributed by atoms with van der Waals surface area (Å²) in [4.78, 5) is 13.7. The molecule has 1 saturated heterocycles. The third-order valence-corrected chi connectivity index (χ3v) is 6.95. The molecule has 2 aromatic carbocycles. The van der Waals surface area contributed by atoms with Crippen LogP contribution in [0.15, 0.2) is 59.5 Å². The van der Waals surface area contributed by atoms with Gasteiger partial charge in [0.1, 0.15) is 0 Å². The third kappa shape index (κ3) is 5.82. The third-order valence-electron chi connectivity index (χ3n) is 4.59. The van der Waals surface area contributed by atoms with Crippen molar-refractivity contribution in [3.8, 4) is 0 Å². The second-order valence-corrected chi connectivity index (χ2v) is 9.78. The van der Waals surface area contributed by atoms with Crippen molar-refractivity contribution < 1.29 is 13.2 Å². The molecule has 27 heavy (non-hydrogen) atoms. The number of carbonyl (C=O) groups excluding carboxylic acids is 1. The van der Waals surface area contributed by atoms with Crippen molar-refractivity contribution in [2.24, 2.45) is 5.92 Å². The fourth-order valence-electron chi connectivity index (χ4n) is 3.07. The van der Waals surface area contributed by atoms with E-state index in [1.54, 1.807) is 11.8 Å². The Hall–Kier alpha value is -1.83. The zero-order valence-electron chi connectivity index (χ0n) is 15.3. The molecule has 144 valence electrons. The Bertz CT molecular complexity index is 868. The van der Waals surface area contributed by atoms with E-state index in [-0.39, 0.29) is 18.4 Å². The first-order valence-electron chi connectivity index (χ1n) is 8.94. The lowest BCUT2D eigenvalue weighted by molar-refractivity contribution is -0.120. The van der Waals surface area contributed by atoms with Crippen LogP contribution >= 0.6 is 11.8 Å². The average molecular weight is 405 g/mol. The summed E-state index contributed by atoms with van der Waals surface area (Å²) in [6, 6.07) is 18.0. The fourth-order valence-corrected chi connectivity index (χ4v) is 4.86. The molecule has 0 radical (unpaired) electrons. The summed E-state index contributed by atoms with van der Waals surface area (Å²) < 4.78 is 24.8. The Morgan fingerprint density at radius 2 is 1.85 bits per heavy atom. The fraction of sp³-hybridized carbons (Fsp3) is 0.350. The monoisotopic (exact) mass is 404 g/mol. The van der Waals surface area contributed by atoms with Crippen LogP contribution < -0.4 is 5.32 Å². The number of carbonyl (C=O) groups is 1. The van der Waals surface area contributed by atoms with Gasteiger partial charge in [-0.05, 0) is 42.7 Å². The Balaban J connectivity index is 1.54. The number of sulfonamides is 1. The van der Waals surface area contributed by atoms with Gasteiger partial charge in [-0.2, -0.15) is 0 Å². The molecule has 1 aliphatic heterocycles. The minimum absolute atomic E-state index is 0.116. The normalized spacial score (nSPS) is 18.2. The van der Waals surface area contributed by atoms with Gasteiger partial charge in [-0.15, -0.1) is 11.8 Å². The molecule has 0 aliphatic carbocycles. The van der Waals surface area contributed by atoms with Crippen LogP contribution in [0.1, 0.15) is 18.4 Å². The molecular weight excluding hydrogens is 380 g/mol. The van der Waals surface area contributed by atoms with E-state index in [2.05, 4.69) is 17.4 Å². The number of hydrogen-bond acceptors (Lipinski definition) is 4. The van der Waals surface area contributed by atoms with Gasteiger partial charge in [0, 0.05) is 29.4 Å². The largest absolute Gasteiger partial charge is 0.326 e. The van der Waals surface area contributed by atoms with Gasteiger partial charge in [-0.3, -0.25) is 4.79 Å². The van der Waals surface area contributed by atoms with E-state index in [1.807, 2.05) is 42.5 Å². The van der Waals surface area contributed by atoms with Gasteiger partial charge in [0.05, 0.1) is 12.2 Å². The minimum Gasteiger partial charge on any atom is -0.326 e. The number of amides is 1. The van der Waals surface area contributed by atoms with Crippen molar-refractivity contribution >= 4 is 33.4 Å². The van der Waals surface area contributed by atoms with Crippen LogP contribution in [-0.2, 0) is 20.6 Å². The molecule has 1 atom stereocenters. The van der Waals surface area contributed by atoms with E-state index in [1.165, 1.54) is 21.0 Å². The van der Waals surface area contributed by atoms with E-state index >= 15 is 0 Å². The van der Waals surface area contributed by atoms with Crippen LogP contribution in [0.5, 0.6) is 0 Å². The summed E-state index contributed by atoms with van der Waals surface area (Å²) in [5.41, 5.74) is 1.92. The maximum absolute atomic E-state index is 12.5. The lowest BCUT2D eigenvalue weighted by Gasteiger charge is -2.30. The highest BCUT2D eigenvalue weighted by atomic mass is 32.2. The molecule has 1 fully saturated rings. The molecule has 0 spiro atoms. The van der Waals surface area contributed by atoms with Crippen molar-refractivity contribution in [2.75, 3.05) is 24.7 Å². The molecular formula is C20H24N2O3S2. The Labute approximate surface area is 165 Å². The molecule has 0 bridgehead atoms. The van der Waals surface area contributed by atoms with Crippen LogP contribution in [0.25, 0.3) is 0 Å². The topological polar surface area (TPSA) is 66.5 Å². The summed E-state index contributed by atoms with van der Waals surface area (Å²) in [5.74, 6) is 0.445. The molecule has 1 heterocycles. The second kappa shape index (κ2) is 8.91. The van der Waals surface area contributed by atoms with Crippen molar-refractivity contribution in [1.29, 1.82) is 0 Å². The SMILES string of the molecule is CS(=O)(=O)N1CCCC(C(=O)Nc2ccc(CSc3ccccc3)cc2)C1. The maximum Gasteiger partial charge on any atom is 0.228 e. The summed E-state index contributed by atoms with van der Waals surface area (Å²) in [6.45, 7) is 0.757. The van der Waals surface area contributed by atoms with Crippen LogP contribution in [0.3, 0.4) is 0 Å². The number of hydrogen-bond donors (Lipinski definition) is 1. The maximum atomic E-state index is 12.5. The van der Waals surface area contributed by atoms with Crippen LogP contribution in [-0.4, -0.2) is 38.0 Å². The van der Waals surface area contributed by atoms with Gasteiger partial charge in [-0.1, -0.05) is 30.3 Å². The predicted octanol–water partition coefficient (Wildman–Crippen LogP) is 3.59. The van der Waals surface area contributed by atoms with Crippen molar-refractivity contribution in [2.45, 2.75) is 23.5 Å². The predicted molar refractivity (Wildman–Crippen MR) is 110 cm³/mol. The van der Waals surface area contributed by atoms with E-state index < -0.39 is 10.0 Å². The Kier molecular flexibility index (Phi) is 6.57. The second-order valence-electron chi connectivity index (χ2n) is 6.75. The summed E-state index contributed by atoms with van der Waals surface area (Å²) in [6.07, 6.45) is 2.62. The number of piperidine rings is 1. The average Bonchev–Trinajstić information content (AvgIpc) is 2.68. The number of thioether (sulfide) groups is 1. The van der Waals surface area contributed by atoms with E-state index in [4.69, 9.17) is 0 Å². The molecule has 1 unspecified atom stereocenters. The van der Waals surface area contributed by atoms with Gasteiger partial charge in [-0.25, -0.2) is 12.7 Å². The summed E-state index contributed by atoms with van der Waals surface area (Å²) >= 11 is 1.77. The van der Waals surface area contributed by atoms with Crippen molar-refractivity contribution in [3.63, 3.8) is 0 Å². The first kappa shape index (κ1) is 19.9. The lowest BCUT2D eigenvalue weighted by Crippen LogP contribution is -2.43. The Morgan fingerprint density at radius 3 is 2.52 bits per heavy atom. The highest BCUT2D eigenvalue weighted by molar-refractivity contribution is 7.98. The number of anilines is 1. The van der Waals surface area contributed by atoms with E-state index in [0.717, 1.165) is 11.4 Å². The van der Waals surface area contributed by atoms with Crippen molar-refractivity contribution in [1.82, 2.24) is 4.31 Å². The standard InChI is InChI=1S/C20H24N2O3S2/c1-27(24,25)22-13-5-6-17(14-22)20(23)21-18-11-9-16(10-12-18)15-26-19-7-3-2-4-8-19/h2-4,7-12,17H,5-6,13-15H2,1H3,(H,21,23). The number of nitrogens with zero attached hydrogens (tertiary/aromatic N) is 1. The zero-order valence-corrected chi connectivity index (χ0v) is 16.9. The van der Waals surface area contributed by atoms with E-state index in [9.17, 15) is 13.2 Å². The molecule has 1 amide bonds. The van der Waals surface area contributed by atoms with Gasteiger partial charge in [0.15, 0.2) is 0 Å². The van der Waals surface area contributed by atoms with Gasteiger partial charge in [0.25, 0.3) is 0 Å². The smallest absolute Gasteiger partial charge is 0.228 e. The first-order valence-corrected chi connectivity index (χ1v) is 11.8. The summed E-state index contributed by atoms with van der Waals surface area (Å²) in [7, 11) is -3.25.